The van der Waals surface area contributed by atoms with E-state index in [9.17, 15) is 9.59 Å². The predicted molar refractivity (Wildman–Crippen MR) is 92.5 cm³/mol. The highest BCUT2D eigenvalue weighted by Crippen LogP contribution is 2.10. The summed E-state index contributed by atoms with van der Waals surface area (Å²) in [6.45, 7) is 1.78. The van der Waals surface area contributed by atoms with Crippen LogP contribution in [-0.4, -0.2) is 24.3 Å². The van der Waals surface area contributed by atoms with Crippen molar-refractivity contribution in [1.82, 2.24) is 5.43 Å². The first kappa shape index (κ1) is 16.4. The van der Waals surface area contributed by atoms with Crippen LogP contribution in [0.25, 0.3) is 6.08 Å². The van der Waals surface area contributed by atoms with Crippen molar-refractivity contribution in [3.05, 3.63) is 70.2 Å². The number of ether oxygens (including phenoxy) is 1. The number of hydrogen-bond donors (Lipinski definition) is 1. The molecule has 0 radical (unpaired) electrons. The van der Waals surface area contributed by atoms with Crippen LogP contribution in [0.2, 0.25) is 0 Å². The summed E-state index contributed by atoms with van der Waals surface area (Å²) >= 11 is 0. The molecule has 1 heterocycles. The average Bonchev–Trinajstić information content (AvgIpc) is 2.61. The second-order valence-electron chi connectivity index (χ2n) is 5.39. The SMILES string of the molecule is Cc1ccc(OCC(=O)NN=C=C2C=c3ccccc3=NC2=O)cc1. The Bertz CT molecular complexity index is 1000. The molecule has 6 heteroatoms. The van der Waals surface area contributed by atoms with E-state index < -0.39 is 11.8 Å². The molecule has 25 heavy (non-hydrogen) atoms. The minimum atomic E-state index is -0.451. The molecule has 0 bridgehead atoms. The van der Waals surface area contributed by atoms with Crippen molar-refractivity contribution in [2.24, 2.45) is 10.1 Å². The Morgan fingerprint density at radius 2 is 1.96 bits per heavy atom. The van der Waals surface area contributed by atoms with E-state index in [1.165, 1.54) is 0 Å². The summed E-state index contributed by atoms with van der Waals surface area (Å²) in [4.78, 5) is 27.5. The smallest absolute Gasteiger partial charge is 0.287 e. The fourth-order valence-corrected chi connectivity index (χ4v) is 2.14. The molecule has 0 saturated carbocycles. The first-order chi connectivity index (χ1) is 12.1. The average molecular weight is 333 g/mol. The monoisotopic (exact) mass is 333 g/mol. The lowest BCUT2D eigenvalue weighted by molar-refractivity contribution is -0.123. The van der Waals surface area contributed by atoms with Crippen molar-refractivity contribution >= 4 is 23.8 Å². The maximum Gasteiger partial charge on any atom is 0.287 e. The van der Waals surface area contributed by atoms with Crippen LogP contribution < -0.4 is 20.7 Å². The standard InChI is InChI=1S/C19H15N3O3/c1-13-6-8-16(9-7-13)25-12-18(23)22-20-11-15-10-14-4-2-3-5-17(14)21-19(15)24/h2-10H,12H2,1H3,(H,22,23). The van der Waals surface area contributed by atoms with E-state index in [1.54, 1.807) is 30.3 Å². The van der Waals surface area contributed by atoms with Gasteiger partial charge in [-0.2, -0.15) is 0 Å². The molecule has 124 valence electrons. The molecule has 0 fully saturated rings. The minimum Gasteiger partial charge on any atom is -0.484 e. The maximum absolute atomic E-state index is 11.9. The van der Waals surface area contributed by atoms with Crippen LogP contribution in [0.4, 0.5) is 0 Å². The highest BCUT2D eigenvalue weighted by atomic mass is 16.5. The number of fused-ring (bicyclic) bond motifs is 1. The fourth-order valence-electron chi connectivity index (χ4n) is 2.14. The number of amides is 2. The minimum absolute atomic E-state index is 0.179. The lowest BCUT2D eigenvalue weighted by Gasteiger charge is -2.04. The molecule has 2 amide bonds. The molecule has 2 aromatic carbocycles. The predicted octanol–water partition coefficient (Wildman–Crippen LogP) is 0.642. The van der Waals surface area contributed by atoms with Crippen molar-refractivity contribution in [2.45, 2.75) is 6.92 Å². The molecular weight excluding hydrogens is 318 g/mol. The maximum atomic E-state index is 11.9. The number of nitrogens with one attached hydrogen (secondary N) is 1. The van der Waals surface area contributed by atoms with Crippen molar-refractivity contribution < 1.29 is 14.3 Å². The van der Waals surface area contributed by atoms with E-state index in [0.29, 0.717) is 11.1 Å². The van der Waals surface area contributed by atoms with Gasteiger partial charge >= 0.3 is 0 Å². The Morgan fingerprint density at radius 1 is 1.20 bits per heavy atom. The zero-order valence-electron chi connectivity index (χ0n) is 13.5. The van der Waals surface area contributed by atoms with Gasteiger partial charge in [-0.1, -0.05) is 35.9 Å². The Kier molecular flexibility index (Phi) is 4.83. The molecule has 0 atom stereocenters. The second-order valence-corrected chi connectivity index (χ2v) is 5.39. The lowest BCUT2D eigenvalue weighted by Crippen LogP contribution is -2.30. The van der Waals surface area contributed by atoms with Gasteiger partial charge in [0.25, 0.3) is 11.8 Å². The van der Waals surface area contributed by atoms with Gasteiger partial charge in [0.15, 0.2) is 6.61 Å². The van der Waals surface area contributed by atoms with Gasteiger partial charge in [0.2, 0.25) is 0 Å². The van der Waals surface area contributed by atoms with E-state index in [2.05, 4.69) is 21.4 Å². The number of nitrogens with zero attached hydrogens (tertiary/aromatic N) is 2. The molecule has 3 rings (SSSR count). The summed E-state index contributed by atoms with van der Waals surface area (Å²) in [5.74, 6) is 2.20. The number of hydrazone groups is 1. The Labute approximate surface area is 143 Å². The number of aryl methyl sites for hydroxylation is 1. The van der Waals surface area contributed by atoms with E-state index in [-0.39, 0.29) is 12.2 Å². The first-order valence-electron chi connectivity index (χ1n) is 7.63. The third-order valence-electron chi connectivity index (χ3n) is 3.44. The number of carbonyl (C=O) groups is 2. The van der Waals surface area contributed by atoms with E-state index in [0.717, 1.165) is 10.8 Å². The highest BCUT2D eigenvalue weighted by Gasteiger charge is 2.09. The van der Waals surface area contributed by atoms with Crippen molar-refractivity contribution in [3.63, 3.8) is 0 Å². The van der Waals surface area contributed by atoms with Gasteiger partial charge in [-0.05, 0) is 31.2 Å². The Morgan fingerprint density at radius 3 is 2.76 bits per heavy atom. The quantitative estimate of drug-likeness (QED) is 0.507. The third-order valence-corrected chi connectivity index (χ3v) is 3.44. The molecule has 0 unspecified atom stereocenters. The zero-order valence-corrected chi connectivity index (χ0v) is 13.5. The summed E-state index contributed by atoms with van der Waals surface area (Å²) in [5, 5.41) is 5.07. The number of carbonyl (C=O) groups excluding carboxylic acids is 2. The van der Waals surface area contributed by atoms with Gasteiger partial charge in [-0.15, -0.1) is 5.10 Å². The van der Waals surface area contributed by atoms with Crippen molar-refractivity contribution in [2.75, 3.05) is 6.61 Å². The molecule has 0 saturated heterocycles. The van der Waals surface area contributed by atoms with Gasteiger partial charge in [0.05, 0.1) is 5.36 Å². The first-order valence-corrected chi connectivity index (χ1v) is 7.63. The Balaban J connectivity index is 1.63. The molecule has 1 aliphatic rings. The summed E-state index contributed by atoms with van der Waals surface area (Å²) in [6, 6.07) is 14.6. The fraction of sp³-hybridized carbons (Fsp3) is 0.105. The van der Waals surface area contributed by atoms with Crippen LogP contribution in [0, 0.1) is 6.92 Å². The summed E-state index contributed by atoms with van der Waals surface area (Å²) in [5.41, 5.74) is 3.56. The zero-order chi connectivity index (χ0) is 17.6. The van der Waals surface area contributed by atoms with Gasteiger partial charge in [0.1, 0.15) is 11.3 Å². The van der Waals surface area contributed by atoms with Crippen LogP contribution in [0.3, 0.4) is 0 Å². The number of para-hydroxylation sites is 1. The second kappa shape index (κ2) is 7.38. The third kappa shape index (κ3) is 4.28. The summed E-state index contributed by atoms with van der Waals surface area (Å²) < 4.78 is 5.33. The van der Waals surface area contributed by atoms with E-state index in [1.807, 2.05) is 31.2 Å². The normalized spacial score (nSPS) is 12.2. The molecule has 0 spiro atoms. The molecular formula is C19H15N3O3. The number of rotatable bonds is 4. The number of benzene rings is 2. The Hall–Kier alpha value is -3.50. The molecule has 2 aromatic rings. The summed E-state index contributed by atoms with van der Waals surface area (Å²) in [7, 11) is 0. The molecule has 0 aliphatic carbocycles. The van der Waals surface area contributed by atoms with Crippen molar-refractivity contribution in [1.29, 1.82) is 0 Å². The van der Waals surface area contributed by atoms with Gasteiger partial charge < -0.3 is 4.74 Å². The molecule has 6 nitrogen and oxygen atoms in total. The van der Waals surface area contributed by atoms with E-state index >= 15 is 0 Å². The topological polar surface area (TPSA) is 80.1 Å². The van der Waals surface area contributed by atoms with Crippen LogP contribution in [-0.2, 0) is 9.59 Å². The van der Waals surface area contributed by atoms with Gasteiger partial charge in [0, 0.05) is 11.1 Å². The molecule has 0 aromatic heterocycles. The van der Waals surface area contributed by atoms with E-state index in [4.69, 9.17) is 4.74 Å². The van der Waals surface area contributed by atoms with Crippen LogP contribution in [0.1, 0.15) is 5.56 Å². The van der Waals surface area contributed by atoms with Gasteiger partial charge in [-0.3, -0.25) is 9.59 Å². The van der Waals surface area contributed by atoms with Crippen LogP contribution in [0.5, 0.6) is 5.75 Å². The highest BCUT2D eigenvalue weighted by molar-refractivity contribution is 6.10. The molecule has 1 N–H and O–H groups in total. The molecule has 1 aliphatic heterocycles. The van der Waals surface area contributed by atoms with Crippen molar-refractivity contribution in [3.8, 4) is 5.75 Å². The summed E-state index contributed by atoms with van der Waals surface area (Å²) in [6.07, 6.45) is 1.63. The van der Waals surface area contributed by atoms with Gasteiger partial charge in [-0.25, -0.2) is 10.4 Å². The lowest BCUT2D eigenvalue weighted by atomic mass is 10.1. The van der Waals surface area contributed by atoms with Crippen LogP contribution >= 0.6 is 0 Å². The number of hydrogen-bond acceptors (Lipinski definition) is 4. The largest absolute Gasteiger partial charge is 0.484 e. The van der Waals surface area contributed by atoms with Crippen LogP contribution in [0.15, 0.2) is 64.2 Å².